The molecular weight excluding hydrogens is 312 g/mol. The normalized spacial score (nSPS) is 18.1. The van der Waals surface area contributed by atoms with Crippen LogP contribution in [0.2, 0.25) is 0 Å². The highest BCUT2D eigenvalue weighted by Crippen LogP contribution is 2.11. The minimum atomic E-state index is -0.895. The van der Waals surface area contributed by atoms with Crippen LogP contribution in [0.3, 0.4) is 0 Å². The van der Waals surface area contributed by atoms with Crippen molar-refractivity contribution in [2.45, 2.75) is 25.5 Å². The third kappa shape index (κ3) is 5.16. The van der Waals surface area contributed by atoms with E-state index in [1.165, 1.54) is 0 Å². The van der Waals surface area contributed by atoms with Crippen molar-refractivity contribution in [1.82, 2.24) is 14.9 Å². The van der Waals surface area contributed by atoms with Crippen LogP contribution in [0.25, 0.3) is 0 Å². The molecule has 1 aliphatic rings. The largest absolute Gasteiger partial charge is 0.370 e. The highest BCUT2D eigenvalue weighted by atomic mass is 32.2. The van der Waals surface area contributed by atoms with Crippen molar-refractivity contribution in [3.8, 4) is 0 Å². The predicted molar refractivity (Wildman–Crippen MR) is 95.1 cm³/mol. The van der Waals surface area contributed by atoms with E-state index < -0.39 is 10.8 Å². The highest BCUT2D eigenvalue weighted by molar-refractivity contribution is 7.86. The molecule has 0 radical (unpaired) electrons. The number of hydrogen-bond acceptors (Lipinski definition) is 5. The minimum Gasteiger partial charge on any atom is -0.370 e. The van der Waals surface area contributed by atoms with Crippen LogP contribution in [0.15, 0.2) is 23.5 Å². The van der Waals surface area contributed by atoms with Crippen LogP contribution in [-0.2, 0) is 10.8 Å². The van der Waals surface area contributed by atoms with Gasteiger partial charge in [0.1, 0.15) is 0 Å². The Labute approximate surface area is 140 Å². The van der Waals surface area contributed by atoms with E-state index in [2.05, 4.69) is 24.8 Å². The molecule has 1 aliphatic heterocycles. The molecular formula is C15H26N6OS. The zero-order chi connectivity index (χ0) is 16.9. The molecule has 1 aromatic heterocycles. The van der Waals surface area contributed by atoms with E-state index in [9.17, 15) is 4.21 Å². The molecule has 0 aromatic carbocycles. The lowest BCUT2D eigenvalue weighted by Crippen LogP contribution is -2.51. The first kappa shape index (κ1) is 17.7. The zero-order valence-electron chi connectivity index (χ0n) is 14.1. The van der Waals surface area contributed by atoms with E-state index in [-0.39, 0.29) is 4.75 Å². The van der Waals surface area contributed by atoms with Gasteiger partial charge in [-0.05, 0) is 26.8 Å². The summed E-state index contributed by atoms with van der Waals surface area (Å²) in [7, 11) is -0.895. The van der Waals surface area contributed by atoms with Gasteiger partial charge in [0.25, 0.3) is 0 Å². The standard InChI is InChI=1S/C15H26N6OS/c1-15(2,3)23(22)12-7-17-13(16)20-8-10-21(11-9-20)14-18-5-4-6-19-14/h4-6H,7-12H2,1-3H3,(H2,16,17). The summed E-state index contributed by atoms with van der Waals surface area (Å²) < 4.78 is 11.8. The lowest BCUT2D eigenvalue weighted by molar-refractivity contribution is 0.378. The predicted octanol–water partition coefficient (Wildman–Crippen LogP) is 0.461. The molecule has 0 aliphatic carbocycles. The number of aliphatic imine (C=N–C) groups is 1. The average molecular weight is 338 g/mol. The number of rotatable bonds is 4. The molecule has 128 valence electrons. The molecule has 1 atom stereocenters. The zero-order valence-corrected chi connectivity index (χ0v) is 14.9. The van der Waals surface area contributed by atoms with E-state index in [4.69, 9.17) is 5.73 Å². The maximum atomic E-state index is 12.0. The van der Waals surface area contributed by atoms with Crippen molar-refractivity contribution < 1.29 is 4.21 Å². The topological polar surface area (TPSA) is 87.7 Å². The molecule has 1 fully saturated rings. The van der Waals surface area contributed by atoms with E-state index in [0.717, 1.165) is 32.1 Å². The second-order valence-electron chi connectivity index (χ2n) is 6.42. The van der Waals surface area contributed by atoms with Gasteiger partial charge in [0, 0.05) is 59.9 Å². The van der Waals surface area contributed by atoms with Gasteiger partial charge in [-0.3, -0.25) is 9.20 Å². The fourth-order valence-corrected chi connectivity index (χ4v) is 3.11. The summed E-state index contributed by atoms with van der Waals surface area (Å²) in [5.74, 6) is 1.83. The van der Waals surface area contributed by atoms with Crippen LogP contribution in [0.1, 0.15) is 20.8 Å². The number of anilines is 1. The molecule has 7 nitrogen and oxygen atoms in total. The summed E-state index contributed by atoms with van der Waals surface area (Å²) in [4.78, 5) is 17.1. The molecule has 2 N–H and O–H groups in total. The number of guanidine groups is 1. The Morgan fingerprint density at radius 1 is 1.26 bits per heavy atom. The van der Waals surface area contributed by atoms with Gasteiger partial charge in [-0.15, -0.1) is 0 Å². The summed E-state index contributed by atoms with van der Waals surface area (Å²) in [5, 5.41) is 0. The van der Waals surface area contributed by atoms with Gasteiger partial charge in [-0.25, -0.2) is 9.97 Å². The van der Waals surface area contributed by atoms with Crippen LogP contribution in [0.4, 0.5) is 5.95 Å². The number of aromatic nitrogens is 2. The molecule has 23 heavy (non-hydrogen) atoms. The Morgan fingerprint density at radius 2 is 1.87 bits per heavy atom. The molecule has 1 aromatic rings. The molecule has 0 spiro atoms. The first-order valence-corrected chi connectivity index (χ1v) is 9.15. The highest BCUT2D eigenvalue weighted by Gasteiger charge is 2.21. The molecule has 0 saturated carbocycles. The monoisotopic (exact) mass is 338 g/mol. The SMILES string of the molecule is CC(C)(C)S(=O)CCN=C(N)N1CCN(c2ncccn2)CC1. The summed E-state index contributed by atoms with van der Waals surface area (Å²) >= 11 is 0. The molecule has 1 unspecified atom stereocenters. The Balaban J connectivity index is 1.80. The Morgan fingerprint density at radius 3 is 2.43 bits per heavy atom. The average Bonchev–Trinajstić information content (AvgIpc) is 2.54. The van der Waals surface area contributed by atoms with Gasteiger partial charge in [-0.1, -0.05) is 0 Å². The summed E-state index contributed by atoms with van der Waals surface area (Å²) in [6, 6.07) is 1.81. The number of piperazine rings is 1. The molecule has 8 heteroatoms. The molecule has 0 bridgehead atoms. The fourth-order valence-electron chi connectivity index (χ4n) is 2.24. The van der Waals surface area contributed by atoms with Gasteiger partial charge in [0.2, 0.25) is 5.95 Å². The van der Waals surface area contributed by atoms with Crippen molar-refractivity contribution in [3.63, 3.8) is 0 Å². The molecule has 2 heterocycles. The molecule has 1 saturated heterocycles. The van der Waals surface area contributed by atoms with Crippen molar-refractivity contribution in [3.05, 3.63) is 18.5 Å². The quantitative estimate of drug-likeness (QED) is 0.634. The number of nitrogens with two attached hydrogens (primary N) is 1. The van der Waals surface area contributed by atoms with E-state index >= 15 is 0 Å². The fraction of sp³-hybridized carbons (Fsp3) is 0.667. The molecule has 0 amide bonds. The number of nitrogens with zero attached hydrogens (tertiary/aromatic N) is 5. The van der Waals surface area contributed by atoms with Crippen LogP contribution in [-0.4, -0.2) is 68.3 Å². The Bertz CT molecular complexity index is 549. The minimum absolute atomic E-state index is 0.203. The molecule has 2 rings (SSSR count). The number of hydrogen-bond donors (Lipinski definition) is 1. The Kier molecular flexibility index (Phi) is 5.92. The second-order valence-corrected chi connectivity index (χ2v) is 8.75. The lowest BCUT2D eigenvalue weighted by Gasteiger charge is -2.35. The van der Waals surface area contributed by atoms with Crippen LogP contribution in [0, 0.1) is 0 Å². The smallest absolute Gasteiger partial charge is 0.225 e. The van der Waals surface area contributed by atoms with Crippen molar-refractivity contribution >= 4 is 22.7 Å². The van der Waals surface area contributed by atoms with Crippen LogP contribution >= 0.6 is 0 Å². The van der Waals surface area contributed by atoms with E-state index in [1.54, 1.807) is 12.4 Å². The maximum absolute atomic E-state index is 12.0. The first-order chi connectivity index (χ1) is 10.9. The van der Waals surface area contributed by atoms with Crippen molar-refractivity contribution in [2.24, 2.45) is 10.7 Å². The van der Waals surface area contributed by atoms with Gasteiger partial charge in [0.05, 0.1) is 6.54 Å². The van der Waals surface area contributed by atoms with Gasteiger partial charge in [-0.2, -0.15) is 0 Å². The summed E-state index contributed by atoms with van der Waals surface area (Å²) in [6.45, 7) is 9.62. The van der Waals surface area contributed by atoms with Crippen molar-refractivity contribution in [1.29, 1.82) is 0 Å². The third-order valence-corrected chi connectivity index (χ3v) is 5.59. The van der Waals surface area contributed by atoms with Crippen LogP contribution < -0.4 is 10.6 Å². The summed E-state index contributed by atoms with van der Waals surface area (Å²) in [5.41, 5.74) is 6.06. The van der Waals surface area contributed by atoms with E-state index in [0.29, 0.717) is 18.3 Å². The van der Waals surface area contributed by atoms with Crippen LogP contribution in [0.5, 0.6) is 0 Å². The Hall–Kier alpha value is -1.70. The van der Waals surface area contributed by atoms with E-state index in [1.807, 2.05) is 26.8 Å². The van der Waals surface area contributed by atoms with Gasteiger partial charge < -0.3 is 15.5 Å². The third-order valence-electron chi connectivity index (χ3n) is 3.67. The van der Waals surface area contributed by atoms with Crippen molar-refractivity contribution in [2.75, 3.05) is 43.4 Å². The summed E-state index contributed by atoms with van der Waals surface area (Å²) in [6.07, 6.45) is 3.50. The van der Waals surface area contributed by atoms with Gasteiger partial charge in [0.15, 0.2) is 5.96 Å². The lowest BCUT2D eigenvalue weighted by atomic mass is 10.3. The first-order valence-electron chi connectivity index (χ1n) is 7.83. The second kappa shape index (κ2) is 7.72. The van der Waals surface area contributed by atoms with Gasteiger partial charge >= 0.3 is 0 Å². The maximum Gasteiger partial charge on any atom is 0.225 e.